The van der Waals surface area contributed by atoms with Gasteiger partial charge in [0, 0.05) is 38.9 Å². The second-order valence-electron chi connectivity index (χ2n) is 7.48. The molecule has 1 fully saturated rings. The number of alkyl halides is 3. The summed E-state index contributed by atoms with van der Waals surface area (Å²) in [5.74, 6) is 0.875. The summed E-state index contributed by atoms with van der Waals surface area (Å²) in [6, 6.07) is 0.156. The maximum Gasteiger partial charge on any atom is 0.401 e. The summed E-state index contributed by atoms with van der Waals surface area (Å²) in [6.45, 7) is 6.90. The molecular formula is C18H31F3N6. The number of nitrogens with one attached hydrogen (secondary N) is 2. The minimum atomic E-state index is -4.13. The second-order valence-corrected chi connectivity index (χ2v) is 7.48. The van der Waals surface area contributed by atoms with Gasteiger partial charge in [-0.25, -0.2) is 0 Å². The van der Waals surface area contributed by atoms with Crippen LogP contribution in [0.3, 0.4) is 0 Å². The Balaban J connectivity index is 1.79. The zero-order valence-corrected chi connectivity index (χ0v) is 16.8. The van der Waals surface area contributed by atoms with Crippen molar-refractivity contribution in [2.24, 2.45) is 18.0 Å². The Labute approximate surface area is 159 Å². The van der Waals surface area contributed by atoms with Crippen molar-refractivity contribution in [2.45, 2.75) is 45.8 Å². The first-order chi connectivity index (χ1) is 12.6. The number of guanidine groups is 1. The van der Waals surface area contributed by atoms with Crippen LogP contribution in [0, 0.1) is 19.8 Å². The Bertz CT molecular complexity index is 652. The normalized spacial score (nSPS) is 20.1. The molecule has 0 spiro atoms. The van der Waals surface area contributed by atoms with Gasteiger partial charge in [0.25, 0.3) is 0 Å². The van der Waals surface area contributed by atoms with E-state index in [0.717, 1.165) is 24.2 Å². The molecule has 2 rings (SSSR count). The molecule has 6 nitrogen and oxygen atoms in total. The summed E-state index contributed by atoms with van der Waals surface area (Å²) in [5, 5.41) is 11.1. The molecule has 0 bridgehead atoms. The highest BCUT2D eigenvalue weighted by Gasteiger charge is 2.34. The number of halogens is 3. The van der Waals surface area contributed by atoms with Crippen molar-refractivity contribution in [2.75, 3.05) is 33.2 Å². The summed E-state index contributed by atoms with van der Waals surface area (Å²) in [6.07, 6.45) is -2.53. The Morgan fingerprint density at radius 3 is 2.63 bits per heavy atom. The maximum atomic E-state index is 12.5. The number of aliphatic imine (C=N–C) groups is 1. The monoisotopic (exact) mass is 388 g/mol. The first-order valence-corrected chi connectivity index (χ1v) is 9.34. The van der Waals surface area contributed by atoms with Crippen molar-refractivity contribution >= 4 is 5.96 Å². The highest BCUT2D eigenvalue weighted by molar-refractivity contribution is 5.79. The first-order valence-electron chi connectivity index (χ1n) is 9.34. The number of aromatic nitrogens is 2. The SMILES string of the molecule is CN=C(NCC1CCN(CC(F)(F)F)C1)NC(C)Cc1c(C)nn(C)c1C. The van der Waals surface area contributed by atoms with Crippen LogP contribution < -0.4 is 10.6 Å². The third kappa shape index (κ3) is 6.41. The Morgan fingerprint density at radius 1 is 1.37 bits per heavy atom. The van der Waals surface area contributed by atoms with Gasteiger partial charge in [0.05, 0.1) is 12.2 Å². The van der Waals surface area contributed by atoms with Crippen molar-refractivity contribution in [3.05, 3.63) is 17.0 Å². The highest BCUT2D eigenvalue weighted by Crippen LogP contribution is 2.22. The van der Waals surface area contributed by atoms with E-state index >= 15 is 0 Å². The summed E-state index contributed by atoms with van der Waals surface area (Å²) in [5.41, 5.74) is 3.41. The number of nitrogens with zero attached hydrogens (tertiary/aromatic N) is 4. The van der Waals surface area contributed by atoms with Gasteiger partial charge in [-0.3, -0.25) is 14.6 Å². The summed E-state index contributed by atoms with van der Waals surface area (Å²) < 4.78 is 39.4. The number of rotatable bonds is 6. The molecule has 27 heavy (non-hydrogen) atoms. The van der Waals surface area contributed by atoms with Crippen molar-refractivity contribution in [1.29, 1.82) is 0 Å². The van der Waals surface area contributed by atoms with E-state index in [4.69, 9.17) is 0 Å². The molecule has 154 valence electrons. The summed E-state index contributed by atoms with van der Waals surface area (Å²) in [7, 11) is 3.64. The van der Waals surface area contributed by atoms with E-state index < -0.39 is 12.7 Å². The molecule has 1 aromatic heterocycles. The van der Waals surface area contributed by atoms with Crippen LogP contribution in [0.1, 0.15) is 30.3 Å². The number of aryl methyl sites for hydroxylation is 2. The lowest BCUT2D eigenvalue weighted by molar-refractivity contribution is -0.143. The van der Waals surface area contributed by atoms with E-state index in [1.165, 1.54) is 10.5 Å². The molecule has 0 amide bonds. The second kappa shape index (κ2) is 8.95. The van der Waals surface area contributed by atoms with Gasteiger partial charge in [-0.2, -0.15) is 18.3 Å². The molecule has 2 N–H and O–H groups in total. The average Bonchev–Trinajstić information content (AvgIpc) is 3.09. The van der Waals surface area contributed by atoms with Gasteiger partial charge in [-0.05, 0) is 51.6 Å². The molecule has 0 aromatic carbocycles. The van der Waals surface area contributed by atoms with Gasteiger partial charge in [0.15, 0.2) is 5.96 Å². The third-order valence-corrected chi connectivity index (χ3v) is 5.11. The van der Waals surface area contributed by atoms with Gasteiger partial charge in [0.2, 0.25) is 0 Å². The van der Waals surface area contributed by atoms with Gasteiger partial charge < -0.3 is 10.6 Å². The quantitative estimate of drug-likeness (QED) is 0.578. The largest absolute Gasteiger partial charge is 0.401 e. The molecule has 1 saturated heterocycles. The predicted molar refractivity (Wildman–Crippen MR) is 101 cm³/mol. The van der Waals surface area contributed by atoms with Gasteiger partial charge in [-0.1, -0.05) is 0 Å². The molecule has 2 atom stereocenters. The van der Waals surface area contributed by atoms with E-state index in [9.17, 15) is 13.2 Å². The van der Waals surface area contributed by atoms with E-state index in [1.54, 1.807) is 7.05 Å². The van der Waals surface area contributed by atoms with E-state index in [-0.39, 0.29) is 12.0 Å². The molecule has 9 heteroatoms. The van der Waals surface area contributed by atoms with Crippen LogP contribution in [0.15, 0.2) is 4.99 Å². The molecule has 1 aliphatic heterocycles. The van der Waals surface area contributed by atoms with Crippen LogP contribution in [0.25, 0.3) is 0 Å². The van der Waals surface area contributed by atoms with Crippen LogP contribution in [0.4, 0.5) is 13.2 Å². The average molecular weight is 388 g/mol. The Morgan fingerprint density at radius 2 is 2.07 bits per heavy atom. The Kier molecular flexibility index (Phi) is 7.13. The third-order valence-electron chi connectivity index (χ3n) is 5.11. The topological polar surface area (TPSA) is 57.5 Å². The van der Waals surface area contributed by atoms with Crippen molar-refractivity contribution in [1.82, 2.24) is 25.3 Å². The molecule has 0 saturated carbocycles. The minimum absolute atomic E-state index is 0.156. The highest BCUT2D eigenvalue weighted by atomic mass is 19.4. The van der Waals surface area contributed by atoms with E-state index in [1.807, 2.05) is 18.7 Å². The molecule has 0 aliphatic carbocycles. The van der Waals surface area contributed by atoms with Crippen LogP contribution >= 0.6 is 0 Å². The van der Waals surface area contributed by atoms with Gasteiger partial charge in [-0.15, -0.1) is 0 Å². The number of likely N-dealkylation sites (tertiary alicyclic amines) is 1. The molecule has 1 aromatic rings. The predicted octanol–water partition coefficient (Wildman–Crippen LogP) is 2.02. The lowest BCUT2D eigenvalue weighted by Crippen LogP contribution is -2.45. The van der Waals surface area contributed by atoms with Crippen molar-refractivity contribution < 1.29 is 13.2 Å². The molecule has 2 unspecified atom stereocenters. The zero-order valence-electron chi connectivity index (χ0n) is 16.8. The minimum Gasteiger partial charge on any atom is -0.356 e. The van der Waals surface area contributed by atoms with E-state index in [2.05, 4.69) is 34.6 Å². The van der Waals surface area contributed by atoms with Crippen LogP contribution in [-0.4, -0.2) is 66.1 Å². The van der Waals surface area contributed by atoms with Crippen molar-refractivity contribution in [3.63, 3.8) is 0 Å². The van der Waals surface area contributed by atoms with Crippen LogP contribution in [-0.2, 0) is 13.5 Å². The van der Waals surface area contributed by atoms with Crippen LogP contribution in [0.5, 0.6) is 0 Å². The molecule has 0 radical (unpaired) electrons. The fourth-order valence-electron chi connectivity index (χ4n) is 3.62. The number of hydrogen-bond acceptors (Lipinski definition) is 3. The van der Waals surface area contributed by atoms with E-state index in [0.29, 0.717) is 25.6 Å². The Hall–Kier alpha value is -1.77. The number of hydrogen-bond donors (Lipinski definition) is 2. The zero-order chi connectivity index (χ0) is 20.2. The standard InChI is InChI=1S/C18H31F3N6/c1-12(8-16-13(2)25-26(5)14(16)3)24-17(22-4)23-9-15-6-7-27(10-15)11-18(19,20)21/h12,15H,6-11H2,1-5H3,(H2,22,23,24). The lowest BCUT2D eigenvalue weighted by Gasteiger charge is -2.21. The van der Waals surface area contributed by atoms with Crippen LogP contribution in [0.2, 0.25) is 0 Å². The van der Waals surface area contributed by atoms with Crippen molar-refractivity contribution in [3.8, 4) is 0 Å². The fourth-order valence-corrected chi connectivity index (χ4v) is 3.62. The summed E-state index contributed by atoms with van der Waals surface area (Å²) in [4.78, 5) is 5.71. The molecule has 2 heterocycles. The first kappa shape index (κ1) is 21.5. The fraction of sp³-hybridized carbons (Fsp3) is 0.778. The smallest absolute Gasteiger partial charge is 0.356 e. The molecular weight excluding hydrogens is 357 g/mol. The lowest BCUT2D eigenvalue weighted by atomic mass is 10.1. The van der Waals surface area contributed by atoms with Gasteiger partial charge in [0.1, 0.15) is 0 Å². The maximum absolute atomic E-state index is 12.5. The van der Waals surface area contributed by atoms with Gasteiger partial charge >= 0.3 is 6.18 Å². The molecule has 1 aliphatic rings. The summed E-state index contributed by atoms with van der Waals surface area (Å²) >= 11 is 0.